The average molecular weight is 406 g/mol. The first kappa shape index (κ1) is 22.0. The summed E-state index contributed by atoms with van der Waals surface area (Å²) in [5, 5.41) is 68.1. The second-order valence-corrected chi connectivity index (χ2v) is 6.52. The van der Waals surface area contributed by atoms with Crippen LogP contribution in [0, 0.1) is 0 Å². The lowest BCUT2D eigenvalue weighted by Gasteiger charge is -2.45. The van der Waals surface area contributed by atoms with Crippen molar-refractivity contribution < 1.29 is 62.9 Å². The van der Waals surface area contributed by atoms with Gasteiger partial charge in [-0.05, 0) is 0 Å². The van der Waals surface area contributed by atoms with Gasteiger partial charge in [0, 0.05) is 0 Å². The van der Waals surface area contributed by atoms with Crippen LogP contribution in [0.3, 0.4) is 0 Å². The van der Waals surface area contributed by atoms with Crippen LogP contribution in [-0.4, -0.2) is 119 Å². The van der Waals surface area contributed by atoms with E-state index in [9.17, 15) is 40.0 Å². The number of aliphatic hydroxyl groups is 7. The van der Waals surface area contributed by atoms with Gasteiger partial charge in [-0.25, -0.2) is 0 Å². The smallest absolute Gasteiger partial charge is 0.301 e. The minimum Gasteiger partial charge on any atom is -0.394 e. The molecule has 2 aliphatic heterocycles. The fourth-order valence-corrected chi connectivity index (χ4v) is 2.93. The van der Waals surface area contributed by atoms with Gasteiger partial charge < -0.3 is 50.0 Å². The Kier molecular flexibility index (Phi) is 7.81. The summed E-state index contributed by atoms with van der Waals surface area (Å²) in [6.45, 7) is -1.36. The molecule has 2 aliphatic rings. The maximum Gasteiger partial charge on any atom is 0.301 e. The Labute approximate surface area is 149 Å². The van der Waals surface area contributed by atoms with Crippen LogP contribution in [-0.2, 0) is 29.8 Å². The lowest BCUT2D eigenvalue weighted by Crippen LogP contribution is -2.64. The summed E-state index contributed by atoms with van der Waals surface area (Å²) in [5.41, 5.74) is 0. The molecule has 8 N–H and O–H groups in total. The van der Waals surface area contributed by atoms with E-state index in [1.165, 1.54) is 0 Å². The van der Waals surface area contributed by atoms with Crippen LogP contribution >= 0.6 is 0 Å². The summed E-state index contributed by atoms with van der Waals surface area (Å²) in [7, 11) is 0. The van der Waals surface area contributed by atoms with Crippen LogP contribution in [0.2, 0.25) is 0 Å². The summed E-state index contributed by atoms with van der Waals surface area (Å²) in [6, 6.07) is 0. The molecular formula is C12H22O13S. The predicted octanol–water partition coefficient (Wildman–Crippen LogP) is -5.24. The molecule has 26 heavy (non-hydrogen) atoms. The van der Waals surface area contributed by atoms with E-state index in [2.05, 4.69) is 4.18 Å². The van der Waals surface area contributed by atoms with E-state index in [1.54, 1.807) is 0 Å². The zero-order valence-corrected chi connectivity index (χ0v) is 14.0. The fourth-order valence-electron chi connectivity index (χ4n) is 2.68. The standard InChI is InChI=1S/C12H22O13S/c13-1-3-10(7(16)8(17)11(19)23-3)25-12-9(18)6(15)5(14)4(24-12)2-22-26(20)21/h3-19H,1-2H2,(H,20,21)/t3-,4-,5+,6+,7-,8-,9-,10-,11+,12+/m1/s1. The predicted molar refractivity (Wildman–Crippen MR) is 78.3 cm³/mol. The topological polar surface area (TPSA) is 216 Å². The van der Waals surface area contributed by atoms with Crippen molar-refractivity contribution in [1.82, 2.24) is 0 Å². The molecule has 0 spiro atoms. The van der Waals surface area contributed by atoms with Gasteiger partial charge >= 0.3 is 11.4 Å². The van der Waals surface area contributed by atoms with Crippen LogP contribution in [0.1, 0.15) is 0 Å². The maximum absolute atomic E-state index is 10.6. The number of ether oxygens (including phenoxy) is 3. The van der Waals surface area contributed by atoms with Crippen molar-refractivity contribution >= 4 is 11.4 Å². The zero-order valence-electron chi connectivity index (χ0n) is 13.2. The van der Waals surface area contributed by atoms with Gasteiger partial charge in [-0.3, -0.25) is 8.74 Å². The quantitative estimate of drug-likeness (QED) is 0.194. The fraction of sp³-hybridized carbons (Fsp3) is 1.00. The van der Waals surface area contributed by atoms with Crippen molar-refractivity contribution in [2.75, 3.05) is 13.2 Å². The third-order valence-corrected chi connectivity index (χ3v) is 4.47. The van der Waals surface area contributed by atoms with E-state index >= 15 is 0 Å². The highest BCUT2D eigenvalue weighted by atomic mass is 32.2. The number of hydrogen-bond acceptors (Lipinski definition) is 12. The second kappa shape index (κ2) is 9.24. The molecule has 0 aromatic carbocycles. The molecule has 11 atom stereocenters. The Morgan fingerprint density at radius 3 is 2.08 bits per heavy atom. The first-order chi connectivity index (χ1) is 12.2. The highest BCUT2D eigenvalue weighted by Gasteiger charge is 2.50. The van der Waals surface area contributed by atoms with E-state index < -0.39 is 86.0 Å². The lowest BCUT2D eigenvalue weighted by molar-refractivity contribution is -0.354. The average Bonchev–Trinajstić information content (AvgIpc) is 2.60. The lowest BCUT2D eigenvalue weighted by atomic mass is 9.97. The third kappa shape index (κ3) is 4.74. The van der Waals surface area contributed by atoms with Gasteiger partial charge in [-0.1, -0.05) is 0 Å². The van der Waals surface area contributed by atoms with E-state index in [0.29, 0.717) is 0 Å². The van der Waals surface area contributed by atoms with Crippen molar-refractivity contribution in [2.45, 2.75) is 61.4 Å². The Morgan fingerprint density at radius 1 is 0.846 bits per heavy atom. The molecule has 2 heterocycles. The van der Waals surface area contributed by atoms with Gasteiger partial charge in [-0.2, -0.15) is 4.21 Å². The van der Waals surface area contributed by atoms with E-state index in [-0.39, 0.29) is 0 Å². The molecule has 0 aliphatic carbocycles. The van der Waals surface area contributed by atoms with Gasteiger partial charge in [0.2, 0.25) is 0 Å². The van der Waals surface area contributed by atoms with Crippen molar-refractivity contribution in [3.05, 3.63) is 0 Å². The SMILES string of the molecule is O=S(O)OC[C@H]1O[C@@H](O[C@H]2[C@H](O)[C@@H](O)[C@@H](O)O[C@@H]2CO)[C@H](O)[C@@H](O)[C@H]1O. The van der Waals surface area contributed by atoms with E-state index in [1.807, 2.05) is 0 Å². The molecule has 2 fully saturated rings. The molecule has 14 heteroatoms. The maximum atomic E-state index is 10.6. The number of hydrogen-bond donors (Lipinski definition) is 8. The van der Waals surface area contributed by atoms with Crippen molar-refractivity contribution in [1.29, 1.82) is 0 Å². The van der Waals surface area contributed by atoms with Gasteiger partial charge in [0.1, 0.15) is 48.8 Å². The number of aliphatic hydroxyl groups excluding tert-OH is 7. The van der Waals surface area contributed by atoms with Crippen molar-refractivity contribution in [2.24, 2.45) is 0 Å². The molecule has 0 amide bonds. The van der Waals surface area contributed by atoms with Crippen LogP contribution < -0.4 is 0 Å². The van der Waals surface area contributed by atoms with Crippen LogP contribution in [0.4, 0.5) is 0 Å². The molecule has 1 unspecified atom stereocenters. The molecule has 154 valence electrons. The molecule has 0 aromatic rings. The molecule has 0 bridgehead atoms. The Morgan fingerprint density at radius 2 is 1.50 bits per heavy atom. The van der Waals surface area contributed by atoms with Gasteiger partial charge in [0.15, 0.2) is 12.6 Å². The summed E-state index contributed by atoms with van der Waals surface area (Å²) < 4.78 is 38.9. The molecular weight excluding hydrogens is 384 g/mol. The van der Waals surface area contributed by atoms with E-state index in [4.69, 9.17) is 18.8 Å². The van der Waals surface area contributed by atoms with Crippen LogP contribution in [0.25, 0.3) is 0 Å². The molecule has 2 rings (SSSR count). The van der Waals surface area contributed by atoms with Crippen LogP contribution in [0.15, 0.2) is 0 Å². The highest BCUT2D eigenvalue weighted by molar-refractivity contribution is 7.74. The monoisotopic (exact) mass is 406 g/mol. The Balaban J connectivity index is 2.10. The number of rotatable bonds is 6. The van der Waals surface area contributed by atoms with Gasteiger partial charge in [0.05, 0.1) is 13.2 Å². The minimum atomic E-state index is -2.67. The van der Waals surface area contributed by atoms with Gasteiger partial charge in [-0.15, -0.1) is 0 Å². The Bertz CT molecular complexity index is 478. The normalized spacial score (nSPS) is 48.3. The molecule has 2 saturated heterocycles. The largest absolute Gasteiger partial charge is 0.394 e. The summed E-state index contributed by atoms with van der Waals surface area (Å²) in [4.78, 5) is 0. The minimum absolute atomic E-state index is 0.637. The zero-order chi connectivity index (χ0) is 19.6. The summed E-state index contributed by atoms with van der Waals surface area (Å²) in [6.07, 6.45) is -16.4. The van der Waals surface area contributed by atoms with Crippen molar-refractivity contribution in [3.63, 3.8) is 0 Å². The summed E-state index contributed by atoms with van der Waals surface area (Å²) >= 11 is -2.67. The van der Waals surface area contributed by atoms with Gasteiger partial charge in [0.25, 0.3) is 0 Å². The van der Waals surface area contributed by atoms with Crippen molar-refractivity contribution in [3.8, 4) is 0 Å². The first-order valence-corrected chi connectivity index (χ1v) is 8.60. The van der Waals surface area contributed by atoms with Crippen LogP contribution in [0.5, 0.6) is 0 Å². The Hall–Kier alpha value is -0.330. The molecule has 0 saturated carbocycles. The molecule has 13 nitrogen and oxygen atoms in total. The third-order valence-electron chi connectivity index (χ3n) is 4.13. The first-order valence-electron chi connectivity index (χ1n) is 7.57. The second-order valence-electron chi connectivity index (χ2n) is 5.85. The summed E-state index contributed by atoms with van der Waals surface area (Å²) in [5.74, 6) is 0. The molecule has 0 aromatic heterocycles. The molecule has 0 radical (unpaired) electrons. The van der Waals surface area contributed by atoms with E-state index in [0.717, 1.165) is 0 Å². The highest BCUT2D eigenvalue weighted by Crippen LogP contribution is 2.28.